The largest absolute Gasteiger partial charge is 0.468 e. The van der Waals surface area contributed by atoms with E-state index in [1.54, 1.807) is 10.7 Å². The van der Waals surface area contributed by atoms with Crippen molar-refractivity contribution >= 4 is 5.69 Å². The molecule has 2 aromatic heterocycles. The van der Waals surface area contributed by atoms with Crippen LogP contribution in [0, 0.1) is 0 Å². The summed E-state index contributed by atoms with van der Waals surface area (Å²) in [5.74, 6) is 0.251. The maximum Gasteiger partial charge on any atom is 0.422 e. The van der Waals surface area contributed by atoms with E-state index in [0.29, 0.717) is 18.2 Å². The Kier molecular flexibility index (Phi) is 5.12. The molecule has 126 valence electrons. The highest BCUT2D eigenvalue weighted by Gasteiger charge is 2.28. The van der Waals surface area contributed by atoms with Crippen molar-refractivity contribution in [3.05, 3.63) is 35.8 Å². The number of pyridine rings is 1. The predicted molar refractivity (Wildman–Crippen MR) is 80.4 cm³/mol. The van der Waals surface area contributed by atoms with Crippen molar-refractivity contribution in [3.8, 4) is 5.88 Å². The van der Waals surface area contributed by atoms with Crippen molar-refractivity contribution in [2.24, 2.45) is 7.05 Å². The minimum atomic E-state index is -4.37. The predicted octanol–water partition coefficient (Wildman–Crippen LogP) is 3.49. The number of nitrogens with zero attached hydrogens (tertiary/aromatic N) is 3. The second-order valence-electron chi connectivity index (χ2n) is 5.51. The van der Waals surface area contributed by atoms with Gasteiger partial charge in [0.1, 0.15) is 0 Å². The van der Waals surface area contributed by atoms with Gasteiger partial charge in [0.2, 0.25) is 5.88 Å². The van der Waals surface area contributed by atoms with E-state index in [1.165, 1.54) is 12.3 Å². The molecule has 1 N–H and O–H groups in total. The Morgan fingerprint density at radius 2 is 2.04 bits per heavy atom. The molecule has 0 saturated heterocycles. The number of rotatable bonds is 6. The zero-order valence-corrected chi connectivity index (χ0v) is 13.2. The molecule has 8 heteroatoms. The van der Waals surface area contributed by atoms with E-state index in [0.717, 1.165) is 11.3 Å². The van der Waals surface area contributed by atoms with Gasteiger partial charge < -0.3 is 10.1 Å². The summed E-state index contributed by atoms with van der Waals surface area (Å²) >= 11 is 0. The molecule has 0 aliphatic heterocycles. The quantitative estimate of drug-likeness (QED) is 0.882. The lowest BCUT2D eigenvalue weighted by Gasteiger charge is -2.10. The molecule has 2 heterocycles. The van der Waals surface area contributed by atoms with Crippen LogP contribution in [0.5, 0.6) is 5.88 Å². The third kappa shape index (κ3) is 5.15. The number of hydrogen-bond acceptors (Lipinski definition) is 4. The molecule has 0 radical (unpaired) electrons. The number of ether oxygens (including phenoxy) is 1. The highest BCUT2D eigenvalue weighted by atomic mass is 19.4. The summed E-state index contributed by atoms with van der Waals surface area (Å²) < 4.78 is 42.5. The van der Waals surface area contributed by atoms with Crippen LogP contribution in [0.15, 0.2) is 24.5 Å². The van der Waals surface area contributed by atoms with Crippen LogP contribution in [0.4, 0.5) is 18.9 Å². The first-order valence-electron chi connectivity index (χ1n) is 7.16. The number of nitrogens with one attached hydrogen (secondary N) is 1. The maximum atomic E-state index is 12.1. The Hall–Kier alpha value is -2.25. The smallest absolute Gasteiger partial charge is 0.422 e. The van der Waals surface area contributed by atoms with Crippen molar-refractivity contribution in [2.45, 2.75) is 32.5 Å². The summed E-state index contributed by atoms with van der Waals surface area (Å²) in [6, 6.07) is 3.03. The van der Waals surface area contributed by atoms with Crippen molar-refractivity contribution in [2.75, 3.05) is 11.9 Å². The fraction of sp³-hybridized carbons (Fsp3) is 0.467. The van der Waals surface area contributed by atoms with Gasteiger partial charge in [-0.2, -0.15) is 18.3 Å². The first-order valence-corrected chi connectivity index (χ1v) is 7.16. The number of anilines is 1. The van der Waals surface area contributed by atoms with Gasteiger partial charge in [-0.1, -0.05) is 13.8 Å². The van der Waals surface area contributed by atoms with E-state index in [1.807, 2.05) is 13.2 Å². The van der Waals surface area contributed by atoms with Gasteiger partial charge in [-0.25, -0.2) is 4.98 Å². The van der Waals surface area contributed by atoms with E-state index < -0.39 is 12.8 Å². The standard InChI is InChI=1S/C15H19F3N4O/c1-10(2)14-11(8-22(3)21-14)6-19-12-4-5-13(20-7-12)23-9-15(16,17)18/h4-5,7-8,10,19H,6,9H2,1-3H3. The molecule has 0 amide bonds. The highest BCUT2D eigenvalue weighted by molar-refractivity contribution is 5.43. The monoisotopic (exact) mass is 328 g/mol. The molecule has 5 nitrogen and oxygen atoms in total. The Labute approximate surface area is 132 Å². The average molecular weight is 328 g/mol. The Morgan fingerprint density at radius 1 is 1.30 bits per heavy atom. The third-order valence-corrected chi connectivity index (χ3v) is 3.09. The van der Waals surface area contributed by atoms with E-state index in [4.69, 9.17) is 0 Å². The van der Waals surface area contributed by atoms with Crippen LogP contribution in [0.2, 0.25) is 0 Å². The van der Waals surface area contributed by atoms with Crippen molar-refractivity contribution in [3.63, 3.8) is 0 Å². The van der Waals surface area contributed by atoms with Gasteiger partial charge in [0.25, 0.3) is 0 Å². The lowest BCUT2D eigenvalue weighted by molar-refractivity contribution is -0.154. The second-order valence-corrected chi connectivity index (χ2v) is 5.51. The van der Waals surface area contributed by atoms with Crippen molar-refractivity contribution in [1.29, 1.82) is 0 Å². The molecule has 0 bridgehead atoms. The zero-order chi connectivity index (χ0) is 17.0. The number of aromatic nitrogens is 3. The molecule has 23 heavy (non-hydrogen) atoms. The Bertz CT molecular complexity index is 635. The van der Waals surface area contributed by atoms with Crippen LogP contribution in [0.3, 0.4) is 0 Å². The average Bonchev–Trinajstić information content (AvgIpc) is 2.84. The topological polar surface area (TPSA) is 52.0 Å². The molecule has 2 rings (SSSR count). The Balaban J connectivity index is 1.94. The maximum absolute atomic E-state index is 12.1. The van der Waals surface area contributed by atoms with E-state index in [9.17, 15) is 13.2 Å². The molecule has 0 atom stereocenters. The number of hydrogen-bond donors (Lipinski definition) is 1. The van der Waals surface area contributed by atoms with Crippen LogP contribution < -0.4 is 10.1 Å². The first kappa shape index (κ1) is 17.1. The van der Waals surface area contributed by atoms with E-state index >= 15 is 0 Å². The van der Waals surface area contributed by atoms with Crippen molar-refractivity contribution < 1.29 is 17.9 Å². The van der Waals surface area contributed by atoms with Crippen LogP contribution in [-0.4, -0.2) is 27.5 Å². The van der Waals surface area contributed by atoms with Gasteiger partial charge in [-0.3, -0.25) is 4.68 Å². The van der Waals surface area contributed by atoms with Gasteiger partial charge >= 0.3 is 6.18 Å². The van der Waals surface area contributed by atoms with E-state index in [2.05, 4.69) is 34.0 Å². The molecule has 0 saturated carbocycles. The molecule has 2 aromatic rings. The lowest BCUT2D eigenvalue weighted by Crippen LogP contribution is -2.19. The zero-order valence-electron chi connectivity index (χ0n) is 13.2. The molecular formula is C15H19F3N4O. The number of aryl methyl sites for hydroxylation is 1. The molecule has 0 spiro atoms. The molecule has 0 aliphatic rings. The molecule has 0 aromatic carbocycles. The van der Waals surface area contributed by atoms with Gasteiger partial charge in [0.05, 0.1) is 17.6 Å². The molecule has 0 unspecified atom stereocenters. The summed E-state index contributed by atoms with van der Waals surface area (Å²) in [4.78, 5) is 3.85. The van der Waals surface area contributed by atoms with E-state index in [-0.39, 0.29) is 5.88 Å². The fourth-order valence-electron chi connectivity index (χ4n) is 2.10. The summed E-state index contributed by atoms with van der Waals surface area (Å²) in [7, 11) is 1.86. The summed E-state index contributed by atoms with van der Waals surface area (Å²) in [5.41, 5.74) is 2.78. The third-order valence-electron chi connectivity index (χ3n) is 3.09. The Morgan fingerprint density at radius 3 is 2.61 bits per heavy atom. The number of halogens is 3. The number of alkyl halides is 3. The van der Waals surface area contributed by atoms with Crippen molar-refractivity contribution in [1.82, 2.24) is 14.8 Å². The summed E-state index contributed by atoms with van der Waals surface area (Å²) in [5, 5.41) is 7.59. The van der Waals surface area contributed by atoms with Gasteiger partial charge in [0, 0.05) is 31.4 Å². The van der Waals surface area contributed by atoms with Crippen LogP contribution in [0.1, 0.15) is 31.0 Å². The molecule has 0 fully saturated rings. The SMILES string of the molecule is CC(C)c1nn(C)cc1CNc1ccc(OCC(F)(F)F)nc1. The van der Waals surface area contributed by atoms with Gasteiger partial charge in [-0.15, -0.1) is 0 Å². The van der Waals surface area contributed by atoms with Crippen LogP contribution >= 0.6 is 0 Å². The van der Waals surface area contributed by atoms with Gasteiger partial charge in [-0.05, 0) is 12.0 Å². The highest BCUT2D eigenvalue weighted by Crippen LogP contribution is 2.20. The lowest BCUT2D eigenvalue weighted by atomic mass is 10.1. The normalized spacial score (nSPS) is 11.8. The first-order chi connectivity index (χ1) is 10.7. The molecule has 0 aliphatic carbocycles. The summed E-state index contributed by atoms with van der Waals surface area (Å²) in [6.07, 6.45) is -0.986. The molecular weight excluding hydrogens is 309 g/mol. The van der Waals surface area contributed by atoms with Gasteiger partial charge in [0.15, 0.2) is 6.61 Å². The van der Waals surface area contributed by atoms with Crippen LogP contribution in [-0.2, 0) is 13.6 Å². The summed E-state index contributed by atoms with van der Waals surface area (Å²) in [6.45, 7) is 3.35. The minimum absolute atomic E-state index is 0.0582. The minimum Gasteiger partial charge on any atom is -0.468 e. The second kappa shape index (κ2) is 6.89. The van der Waals surface area contributed by atoms with Crippen LogP contribution in [0.25, 0.3) is 0 Å². The fourth-order valence-corrected chi connectivity index (χ4v) is 2.10.